The number of hydrogen-bond donors (Lipinski definition) is 1. The molecule has 0 radical (unpaired) electrons. The second kappa shape index (κ2) is 14.7. The Balaban J connectivity index is 2.42. The largest absolute Gasteiger partial charge is 0.485 e. The molecule has 0 amide bonds. The van der Waals surface area contributed by atoms with Gasteiger partial charge in [-0.05, 0) is 44.0 Å². The first kappa shape index (κ1) is 26.8. The Kier molecular flexibility index (Phi) is 11.9. The van der Waals surface area contributed by atoms with Crippen LogP contribution in [0.5, 0.6) is 11.5 Å². The van der Waals surface area contributed by atoms with Crippen molar-refractivity contribution in [2.75, 3.05) is 12.3 Å². The number of aromatic nitrogens is 1. The van der Waals surface area contributed by atoms with E-state index in [0.29, 0.717) is 30.3 Å². The van der Waals surface area contributed by atoms with Crippen LogP contribution in [0, 0.1) is 0 Å². The Morgan fingerprint density at radius 3 is 2.27 bits per heavy atom. The molecule has 2 N–H and O–H groups in total. The number of hydrogen-bond acceptors (Lipinski definition) is 4. The molecule has 1 heterocycles. The van der Waals surface area contributed by atoms with Gasteiger partial charge in [0, 0.05) is 24.0 Å². The van der Waals surface area contributed by atoms with Crippen molar-refractivity contribution in [2.45, 2.75) is 105 Å². The summed E-state index contributed by atoms with van der Waals surface area (Å²) in [6, 6.07) is 5.69. The molecule has 1 aromatic heterocycles. The van der Waals surface area contributed by atoms with Crippen LogP contribution in [-0.4, -0.2) is 11.2 Å². The first-order valence-electron chi connectivity index (χ1n) is 13.0. The minimum absolute atomic E-state index is 0.128. The van der Waals surface area contributed by atoms with Gasteiger partial charge in [0.15, 0.2) is 5.75 Å². The molecule has 0 saturated carbocycles. The molecule has 0 fully saturated rings. The molecule has 5 heteroatoms. The fourth-order valence-corrected chi connectivity index (χ4v) is 4.09. The number of fused-ring (bicyclic) bond motifs is 1. The topological polar surface area (TPSA) is 66.5 Å². The van der Waals surface area contributed by atoms with Gasteiger partial charge in [0.2, 0.25) is 5.75 Å². The van der Waals surface area contributed by atoms with Crippen LogP contribution in [0.3, 0.4) is 0 Å². The SMILES string of the molecule is CC=C(CC)Oc1c(OCCCCCCCC)c(=O)n(CCCCCC)c2cc(N)ccc12. The predicted octanol–water partition coefficient (Wildman–Crippen LogP) is 7.60. The van der Waals surface area contributed by atoms with E-state index in [1.165, 1.54) is 32.1 Å². The summed E-state index contributed by atoms with van der Waals surface area (Å²) in [5, 5.41) is 0.866. The lowest BCUT2D eigenvalue weighted by molar-refractivity contribution is 0.280. The number of allylic oxidation sites excluding steroid dienone is 2. The minimum Gasteiger partial charge on any atom is -0.485 e. The molecule has 2 aromatic rings. The summed E-state index contributed by atoms with van der Waals surface area (Å²) >= 11 is 0. The van der Waals surface area contributed by atoms with Gasteiger partial charge in [0.25, 0.3) is 5.56 Å². The fraction of sp³-hybridized carbons (Fsp3) is 0.607. The van der Waals surface area contributed by atoms with E-state index < -0.39 is 0 Å². The van der Waals surface area contributed by atoms with E-state index in [-0.39, 0.29) is 5.56 Å². The van der Waals surface area contributed by atoms with Gasteiger partial charge in [-0.3, -0.25) is 4.79 Å². The Bertz CT molecular complexity index is 946. The summed E-state index contributed by atoms with van der Waals surface area (Å²) in [5.41, 5.74) is 7.43. The molecule has 0 aliphatic heterocycles. The van der Waals surface area contributed by atoms with E-state index in [2.05, 4.69) is 13.8 Å². The van der Waals surface area contributed by atoms with E-state index in [4.69, 9.17) is 15.2 Å². The highest BCUT2D eigenvalue weighted by Crippen LogP contribution is 2.36. The van der Waals surface area contributed by atoms with Crippen molar-refractivity contribution in [1.29, 1.82) is 0 Å². The second-order valence-electron chi connectivity index (χ2n) is 8.78. The van der Waals surface area contributed by atoms with Crippen molar-refractivity contribution >= 4 is 16.6 Å². The van der Waals surface area contributed by atoms with Gasteiger partial charge in [-0.2, -0.15) is 0 Å². The second-order valence-corrected chi connectivity index (χ2v) is 8.78. The van der Waals surface area contributed by atoms with E-state index in [1.807, 2.05) is 42.7 Å². The van der Waals surface area contributed by atoms with Crippen molar-refractivity contribution in [1.82, 2.24) is 4.57 Å². The standard InChI is InChI=1S/C28H44N2O3/c1-5-9-11-13-14-16-20-32-27-26(33-23(7-3)8-4)24-18-17-22(29)21-25(24)30(28(27)31)19-15-12-10-6-2/h7,17-18,21H,5-6,8-16,19-20,29H2,1-4H3. The van der Waals surface area contributed by atoms with E-state index in [1.54, 1.807) is 0 Å². The van der Waals surface area contributed by atoms with Gasteiger partial charge in [-0.1, -0.05) is 72.1 Å². The number of rotatable bonds is 16. The molecular weight excluding hydrogens is 412 g/mol. The molecule has 0 aliphatic rings. The maximum absolute atomic E-state index is 13.6. The van der Waals surface area contributed by atoms with Gasteiger partial charge in [0.1, 0.15) is 0 Å². The van der Waals surface area contributed by atoms with Crippen molar-refractivity contribution < 1.29 is 9.47 Å². The van der Waals surface area contributed by atoms with Gasteiger partial charge in [-0.15, -0.1) is 0 Å². The maximum Gasteiger partial charge on any atom is 0.297 e. The molecule has 33 heavy (non-hydrogen) atoms. The van der Waals surface area contributed by atoms with Crippen LogP contribution in [0.2, 0.25) is 0 Å². The minimum atomic E-state index is -0.128. The van der Waals surface area contributed by atoms with Crippen LogP contribution >= 0.6 is 0 Å². The Hall–Kier alpha value is -2.43. The van der Waals surface area contributed by atoms with Crippen molar-refractivity contribution in [2.24, 2.45) is 0 Å². The summed E-state index contributed by atoms with van der Waals surface area (Å²) in [7, 11) is 0. The number of aryl methyl sites for hydroxylation is 1. The van der Waals surface area contributed by atoms with Crippen molar-refractivity contribution in [3.8, 4) is 11.5 Å². The fourth-order valence-electron chi connectivity index (χ4n) is 4.09. The lowest BCUT2D eigenvalue weighted by Crippen LogP contribution is -2.24. The van der Waals surface area contributed by atoms with Crippen LogP contribution in [0.15, 0.2) is 34.8 Å². The van der Waals surface area contributed by atoms with Crippen LogP contribution < -0.4 is 20.8 Å². The molecule has 1 aromatic carbocycles. The number of anilines is 1. The normalized spacial score (nSPS) is 11.8. The molecule has 2 rings (SSSR count). The molecule has 184 valence electrons. The zero-order valence-electron chi connectivity index (χ0n) is 21.3. The van der Waals surface area contributed by atoms with Gasteiger partial charge in [0.05, 0.1) is 17.9 Å². The molecule has 0 saturated heterocycles. The highest BCUT2D eigenvalue weighted by molar-refractivity contribution is 5.90. The highest BCUT2D eigenvalue weighted by atomic mass is 16.5. The average Bonchev–Trinajstić information content (AvgIpc) is 2.82. The Morgan fingerprint density at radius 2 is 1.61 bits per heavy atom. The number of pyridine rings is 1. The third kappa shape index (κ3) is 7.83. The molecule has 0 unspecified atom stereocenters. The van der Waals surface area contributed by atoms with Crippen LogP contribution in [-0.2, 0) is 6.54 Å². The Morgan fingerprint density at radius 1 is 0.939 bits per heavy atom. The van der Waals surface area contributed by atoms with Gasteiger partial charge in [-0.25, -0.2) is 0 Å². The molecular formula is C28H44N2O3. The summed E-state index contributed by atoms with van der Waals surface area (Å²) in [4.78, 5) is 13.6. The van der Waals surface area contributed by atoms with E-state index in [9.17, 15) is 4.79 Å². The lowest BCUT2D eigenvalue weighted by atomic mass is 10.1. The number of nitrogen functional groups attached to an aromatic ring is 1. The van der Waals surface area contributed by atoms with Gasteiger partial charge < -0.3 is 19.8 Å². The van der Waals surface area contributed by atoms with Gasteiger partial charge >= 0.3 is 0 Å². The average molecular weight is 457 g/mol. The monoisotopic (exact) mass is 456 g/mol. The first-order chi connectivity index (χ1) is 16.1. The molecule has 0 atom stereocenters. The quantitative estimate of drug-likeness (QED) is 0.160. The molecule has 0 spiro atoms. The first-order valence-corrected chi connectivity index (χ1v) is 13.0. The van der Waals surface area contributed by atoms with Crippen molar-refractivity contribution in [3.05, 3.63) is 40.4 Å². The number of nitrogens with two attached hydrogens (primary N) is 1. The van der Waals surface area contributed by atoms with Crippen LogP contribution in [0.25, 0.3) is 10.9 Å². The lowest BCUT2D eigenvalue weighted by Gasteiger charge is -2.19. The number of unbranched alkanes of at least 4 members (excludes halogenated alkanes) is 8. The number of nitrogens with zero attached hydrogens (tertiary/aromatic N) is 1. The molecule has 0 bridgehead atoms. The highest BCUT2D eigenvalue weighted by Gasteiger charge is 2.21. The third-order valence-corrected chi connectivity index (χ3v) is 6.09. The molecule has 0 aliphatic carbocycles. The number of ether oxygens (including phenoxy) is 2. The van der Waals surface area contributed by atoms with Crippen LogP contribution in [0.4, 0.5) is 5.69 Å². The zero-order valence-corrected chi connectivity index (χ0v) is 21.3. The zero-order chi connectivity index (χ0) is 24.1. The number of benzene rings is 1. The predicted molar refractivity (Wildman–Crippen MR) is 140 cm³/mol. The molecule has 5 nitrogen and oxygen atoms in total. The van der Waals surface area contributed by atoms with E-state index >= 15 is 0 Å². The third-order valence-electron chi connectivity index (χ3n) is 6.09. The Labute approximate surface area is 200 Å². The maximum atomic E-state index is 13.6. The summed E-state index contributed by atoms with van der Waals surface area (Å²) < 4.78 is 14.2. The summed E-state index contributed by atoms with van der Waals surface area (Å²) in [5.74, 6) is 1.66. The van der Waals surface area contributed by atoms with Crippen LogP contribution in [0.1, 0.15) is 98.3 Å². The smallest absolute Gasteiger partial charge is 0.297 e. The van der Waals surface area contributed by atoms with E-state index in [0.717, 1.165) is 55.2 Å². The van der Waals surface area contributed by atoms with Crippen molar-refractivity contribution in [3.63, 3.8) is 0 Å². The summed E-state index contributed by atoms with van der Waals surface area (Å²) in [6.07, 6.45) is 14.1. The summed E-state index contributed by atoms with van der Waals surface area (Å²) in [6.45, 7) is 9.57.